The van der Waals surface area contributed by atoms with Crippen LogP contribution in [0.25, 0.3) is 16.8 Å². The zero-order valence-corrected chi connectivity index (χ0v) is 11.6. The average Bonchev–Trinajstić information content (AvgIpc) is 2.94. The zero-order valence-electron chi connectivity index (χ0n) is 11.6. The molecule has 0 aliphatic heterocycles. The molecular weight excluding hydrogens is 232 g/mol. The van der Waals surface area contributed by atoms with Crippen LogP contribution in [-0.2, 0) is 0 Å². The highest BCUT2D eigenvalue weighted by atomic mass is 15.1. The summed E-state index contributed by atoms with van der Waals surface area (Å²) < 4.78 is 0. The number of allylic oxidation sites excluding steroid dienone is 4. The predicted octanol–water partition coefficient (Wildman–Crippen LogP) is 4.84. The molecule has 1 aromatic carbocycles. The van der Waals surface area contributed by atoms with E-state index in [0.717, 1.165) is 24.2 Å². The molecule has 2 nitrogen and oxygen atoms in total. The molecule has 0 saturated heterocycles. The van der Waals surface area contributed by atoms with Crippen LogP contribution in [0, 0.1) is 0 Å². The van der Waals surface area contributed by atoms with Crippen LogP contribution in [0.5, 0.6) is 0 Å². The topological polar surface area (TPSA) is 28.7 Å². The van der Waals surface area contributed by atoms with Crippen LogP contribution in [0.3, 0.4) is 0 Å². The molecule has 0 spiro atoms. The van der Waals surface area contributed by atoms with Gasteiger partial charge in [0.15, 0.2) is 0 Å². The Bertz CT molecular complexity index is 562. The Morgan fingerprint density at radius 1 is 1.21 bits per heavy atom. The molecule has 0 saturated carbocycles. The summed E-state index contributed by atoms with van der Waals surface area (Å²) in [6.07, 6.45) is 8.45. The number of nitrogens with one attached hydrogen (secondary N) is 1. The van der Waals surface area contributed by atoms with Gasteiger partial charge in [-0.15, -0.1) is 0 Å². The van der Waals surface area contributed by atoms with E-state index in [1.165, 1.54) is 11.1 Å². The van der Waals surface area contributed by atoms with Gasteiger partial charge in [-0.1, -0.05) is 62.4 Å². The van der Waals surface area contributed by atoms with E-state index in [0.29, 0.717) is 0 Å². The predicted molar refractivity (Wildman–Crippen MR) is 81.7 cm³/mol. The maximum atomic E-state index is 4.42. The molecule has 0 radical (unpaired) electrons. The number of benzene rings is 1. The molecular formula is C17H20N2. The minimum Gasteiger partial charge on any atom is -0.277 e. The molecule has 1 N–H and O–H groups in total. The average molecular weight is 252 g/mol. The van der Waals surface area contributed by atoms with E-state index in [1.807, 2.05) is 18.2 Å². The molecule has 2 aromatic rings. The van der Waals surface area contributed by atoms with Gasteiger partial charge >= 0.3 is 0 Å². The molecule has 19 heavy (non-hydrogen) atoms. The molecule has 0 bridgehead atoms. The summed E-state index contributed by atoms with van der Waals surface area (Å²) in [6, 6.07) is 12.4. The van der Waals surface area contributed by atoms with Crippen LogP contribution >= 0.6 is 0 Å². The highest BCUT2D eigenvalue weighted by Crippen LogP contribution is 2.22. The minimum absolute atomic E-state index is 0.979. The lowest BCUT2D eigenvalue weighted by atomic mass is 10.1. The van der Waals surface area contributed by atoms with Gasteiger partial charge in [0.25, 0.3) is 0 Å². The van der Waals surface area contributed by atoms with Gasteiger partial charge in [0, 0.05) is 0 Å². The maximum Gasteiger partial charge on any atom is 0.0886 e. The first kappa shape index (κ1) is 13.3. The van der Waals surface area contributed by atoms with E-state index in [9.17, 15) is 0 Å². The summed E-state index contributed by atoms with van der Waals surface area (Å²) in [6.45, 7) is 4.29. The van der Waals surface area contributed by atoms with Crippen LogP contribution in [0.15, 0.2) is 54.6 Å². The number of H-pyrrole nitrogens is 1. The van der Waals surface area contributed by atoms with Crippen molar-refractivity contribution in [1.29, 1.82) is 0 Å². The zero-order chi connectivity index (χ0) is 13.5. The van der Waals surface area contributed by atoms with Crippen molar-refractivity contribution in [3.8, 4) is 11.3 Å². The van der Waals surface area contributed by atoms with Crippen molar-refractivity contribution in [3.05, 3.63) is 60.3 Å². The van der Waals surface area contributed by atoms with E-state index in [2.05, 4.69) is 60.5 Å². The quantitative estimate of drug-likeness (QED) is 0.758. The van der Waals surface area contributed by atoms with E-state index >= 15 is 0 Å². The van der Waals surface area contributed by atoms with Crippen LogP contribution < -0.4 is 0 Å². The minimum atomic E-state index is 0.979. The molecule has 0 atom stereocenters. The summed E-state index contributed by atoms with van der Waals surface area (Å²) in [4.78, 5) is 0. The third-order valence-electron chi connectivity index (χ3n) is 3.04. The Labute approximate surface area is 114 Å². The monoisotopic (exact) mass is 252 g/mol. The SMILES string of the molecule is CC/C=C\C=C(/CC)c1cc(-c2ccccc2)[nH]n1. The van der Waals surface area contributed by atoms with Gasteiger partial charge in [0.05, 0.1) is 11.4 Å². The van der Waals surface area contributed by atoms with Crippen molar-refractivity contribution < 1.29 is 0 Å². The second-order valence-electron chi connectivity index (χ2n) is 4.41. The third kappa shape index (κ3) is 3.44. The van der Waals surface area contributed by atoms with E-state index in [-0.39, 0.29) is 0 Å². The van der Waals surface area contributed by atoms with Crippen molar-refractivity contribution in [2.24, 2.45) is 0 Å². The molecule has 2 rings (SSSR count). The van der Waals surface area contributed by atoms with Crippen LogP contribution in [-0.4, -0.2) is 10.2 Å². The van der Waals surface area contributed by atoms with Crippen molar-refractivity contribution in [3.63, 3.8) is 0 Å². The van der Waals surface area contributed by atoms with Crippen molar-refractivity contribution >= 4 is 5.57 Å². The standard InChI is InChI=1S/C17H20N2/c1-3-5-7-10-14(4-2)16-13-17(19-18-16)15-11-8-6-9-12-15/h5-13H,3-4H2,1-2H3,(H,18,19)/b7-5-,14-10+. The first-order valence-electron chi connectivity index (χ1n) is 6.82. The summed E-state index contributed by atoms with van der Waals surface area (Å²) in [5.74, 6) is 0. The molecule has 1 heterocycles. The Hall–Kier alpha value is -2.09. The first-order chi connectivity index (χ1) is 9.35. The summed E-state index contributed by atoms with van der Waals surface area (Å²) in [5.41, 5.74) is 4.51. The summed E-state index contributed by atoms with van der Waals surface area (Å²) >= 11 is 0. The van der Waals surface area contributed by atoms with Crippen LogP contribution in [0.1, 0.15) is 32.4 Å². The smallest absolute Gasteiger partial charge is 0.0886 e. The summed E-state index contributed by atoms with van der Waals surface area (Å²) in [5, 5.41) is 7.53. The van der Waals surface area contributed by atoms with Gasteiger partial charge < -0.3 is 0 Å². The Morgan fingerprint density at radius 2 is 2.00 bits per heavy atom. The Morgan fingerprint density at radius 3 is 2.68 bits per heavy atom. The van der Waals surface area contributed by atoms with E-state index in [4.69, 9.17) is 0 Å². The molecule has 1 aromatic heterocycles. The number of hydrogen-bond acceptors (Lipinski definition) is 1. The molecule has 0 unspecified atom stereocenters. The number of aromatic amines is 1. The second kappa shape index (κ2) is 6.74. The van der Waals surface area contributed by atoms with Gasteiger partial charge in [-0.3, -0.25) is 5.10 Å². The van der Waals surface area contributed by atoms with Crippen molar-refractivity contribution in [2.45, 2.75) is 26.7 Å². The van der Waals surface area contributed by atoms with Gasteiger partial charge in [-0.2, -0.15) is 5.10 Å². The highest BCUT2D eigenvalue weighted by molar-refractivity contribution is 5.69. The number of hydrogen-bond donors (Lipinski definition) is 1. The Balaban J connectivity index is 2.25. The highest BCUT2D eigenvalue weighted by Gasteiger charge is 2.05. The van der Waals surface area contributed by atoms with Gasteiger partial charge in [-0.05, 0) is 30.0 Å². The molecule has 0 fully saturated rings. The van der Waals surface area contributed by atoms with Gasteiger partial charge in [0.2, 0.25) is 0 Å². The lowest BCUT2D eigenvalue weighted by Gasteiger charge is -1.97. The number of nitrogens with zero attached hydrogens (tertiary/aromatic N) is 1. The maximum absolute atomic E-state index is 4.42. The van der Waals surface area contributed by atoms with E-state index in [1.54, 1.807) is 0 Å². The van der Waals surface area contributed by atoms with Gasteiger partial charge in [0.1, 0.15) is 0 Å². The lowest BCUT2D eigenvalue weighted by molar-refractivity contribution is 1.06. The summed E-state index contributed by atoms with van der Waals surface area (Å²) in [7, 11) is 0. The fourth-order valence-electron chi connectivity index (χ4n) is 1.96. The molecule has 2 heteroatoms. The molecule has 98 valence electrons. The first-order valence-corrected chi connectivity index (χ1v) is 6.82. The number of aromatic nitrogens is 2. The second-order valence-corrected chi connectivity index (χ2v) is 4.41. The van der Waals surface area contributed by atoms with Crippen molar-refractivity contribution in [2.75, 3.05) is 0 Å². The van der Waals surface area contributed by atoms with E-state index < -0.39 is 0 Å². The van der Waals surface area contributed by atoms with Gasteiger partial charge in [-0.25, -0.2) is 0 Å². The normalized spacial score (nSPS) is 12.2. The fraction of sp³-hybridized carbons (Fsp3) is 0.235. The van der Waals surface area contributed by atoms with Crippen LogP contribution in [0.4, 0.5) is 0 Å². The third-order valence-corrected chi connectivity index (χ3v) is 3.04. The number of rotatable bonds is 5. The fourth-order valence-corrected chi connectivity index (χ4v) is 1.96. The largest absolute Gasteiger partial charge is 0.277 e. The Kier molecular flexibility index (Phi) is 4.73. The lowest BCUT2D eigenvalue weighted by Crippen LogP contribution is -1.82. The molecule has 0 amide bonds. The van der Waals surface area contributed by atoms with Crippen LogP contribution in [0.2, 0.25) is 0 Å². The molecule has 0 aliphatic rings. The molecule has 0 aliphatic carbocycles. The van der Waals surface area contributed by atoms with Crippen molar-refractivity contribution in [1.82, 2.24) is 10.2 Å².